The molecule has 0 bridgehead atoms. The van der Waals surface area contributed by atoms with Crippen LogP contribution < -0.4 is 4.90 Å². The van der Waals surface area contributed by atoms with E-state index in [0.717, 1.165) is 16.0 Å². The van der Waals surface area contributed by atoms with E-state index in [-0.39, 0.29) is 17.2 Å². The first-order valence-electron chi connectivity index (χ1n) is 8.29. The number of hydrogen-bond acceptors (Lipinski definition) is 4. The van der Waals surface area contributed by atoms with Crippen LogP contribution in [0.25, 0.3) is 0 Å². The third kappa shape index (κ3) is 2.13. The summed E-state index contributed by atoms with van der Waals surface area (Å²) < 4.78 is 4.84. The quantitative estimate of drug-likeness (QED) is 0.675. The maximum atomic E-state index is 13.5. The van der Waals surface area contributed by atoms with Crippen molar-refractivity contribution in [3.8, 4) is 6.07 Å². The average molecular weight is 338 g/mol. The van der Waals surface area contributed by atoms with Crippen molar-refractivity contribution in [3.05, 3.63) is 42.0 Å². The number of anilines is 1. The number of amides is 2. The van der Waals surface area contributed by atoms with E-state index < -0.39 is 17.4 Å². The molecule has 1 aromatic carbocycles. The van der Waals surface area contributed by atoms with Crippen molar-refractivity contribution in [1.29, 1.82) is 5.26 Å². The molecule has 1 aliphatic carbocycles. The molecule has 1 fully saturated rings. The molecule has 0 aromatic heterocycles. The second kappa shape index (κ2) is 5.45. The molecule has 0 unspecified atom stereocenters. The summed E-state index contributed by atoms with van der Waals surface area (Å²) in [6.07, 6.45) is -0.329. The van der Waals surface area contributed by atoms with Crippen molar-refractivity contribution in [2.24, 2.45) is 17.3 Å². The lowest BCUT2D eigenvalue weighted by molar-refractivity contribution is -0.125. The summed E-state index contributed by atoms with van der Waals surface area (Å²) in [5.74, 6) is -1.03. The minimum absolute atomic E-state index is 0.277. The van der Waals surface area contributed by atoms with Gasteiger partial charge in [0, 0.05) is 5.92 Å². The second-order valence-corrected chi connectivity index (χ2v) is 7.88. The summed E-state index contributed by atoms with van der Waals surface area (Å²) in [6.45, 7) is 10.2. The third-order valence-corrected chi connectivity index (χ3v) is 5.45. The first-order chi connectivity index (χ1) is 11.7. The summed E-state index contributed by atoms with van der Waals surface area (Å²) in [4.78, 5) is 26.9. The minimum Gasteiger partial charge on any atom is -0.452 e. The third-order valence-electron chi connectivity index (χ3n) is 5.45. The van der Waals surface area contributed by atoms with Gasteiger partial charge in [-0.25, -0.2) is 9.69 Å². The van der Waals surface area contributed by atoms with Crippen LogP contribution in [0, 0.1) is 28.6 Å². The largest absolute Gasteiger partial charge is 0.452 e. The Hall–Kier alpha value is -2.61. The van der Waals surface area contributed by atoms with Crippen LogP contribution in [0.2, 0.25) is 0 Å². The van der Waals surface area contributed by atoms with E-state index in [1.54, 1.807) is 12.1 Å². The first kappa shape index (κ1) is 17.2. The standard InChI is InChI=1S/C20H22N2O3/c1-12-10-20(16(13(12)11-21)19(2,3)4)14-8-6-7-9-15(14)22(17(20)23)18(24)25-5/h6-9,13,16H,1,10H2,2-5H3/t13-,16-,20+/m1/s1. The fourth-order valence-corrected chi connectivity index (χ4v) is 4.72. The molecule has 1 aromatic rings. The Kier molecular flexibility index (Phi) is 3.75. The number of imide groups is 1. The fraction of sp³-hybridized carbons (Fsp3) is 0.450. The lowest BCUT2D eigenvalue weighted by atomic mass is 9.61. The van der Waals surface area contributed by atoms with Crippen molar-refractivity contribution in [2.75, 3.05) is 12.0 Å². The molecule has 0 N–H and O–H groups in total. The topological polar surface area (TPSA) is 70.4 Å². The van der Waals surface area contributed by atoms with Crippen molar-refractivity contribution in [1.82, 2.24) is 0 Å². The summed E-state index contributed by atoms with van der Waals surface area (Å²) in [5, 5.41) is 9.74. The van der Waals surface area contributed by atoms with E-state index in [4.69, 9.17) is 4.74 Å². The molecule has 1 heterocycles. The lowest BCUT2D eigenvalue weighted by Gasteiger charge is -2.40. The van der Waals surface area contributed by atoms with Gasteiger partial charge >= 0.3 is 6.09 Å². The van der Waals surface area contributed by atoms with Crippen LogP contribution in [0.3, 0.4) is 0 Å². The van der Waals surface area contributed by atoms with Gasteiger partial charge in [0.05, 0.1) is 30.2 Å². The zero-order chi connectivity index (χ0) is 18.6. The van der Waals surface area contributed by atoms with Crippen LogP contribution in [0.5, 0.6) is 0 Å². The molecule has 0 saturated heterocycles. The van der Waals surface area contributed by atoms with Crippen LogP contribution >= 0.6 is 0 Å². The highest BCUT2D eigenvalue weighted by atomic mass is 16.5. The molecular formula is C20H22N2O3. The average Bonchev–Trinajstić information content (AvgIpc) is 3.00. The number of rotatable bonds is 0. The summed E-state index contributed by atoms with van der Waals surface area (Å²) in [6, 6.07) is 9.62. The number of para-hydroxylation sites is 1. The smallest absolute Gasteiger partial charge is 0.420 e. The Labute approximate surface area is 147 Å². The molecule has 1 saturated carbocycles. The van der Waals surface area contributed by atoms with Gasteiger partial charge in [-0.2, -0.15) is 5.26 Å². The molecule has 5 heteroatoms. The Balaban J connectivity index is 2.31. The van der Waals surface area contributed by atoms with Gasteiger partial charge in [-0.3, -0.25) is 4.79 Å². The van der Waals surface area contributed by atoms with E-state index in [0.29, 0.717) is 12.1 Å². The Morgan fingerprint density at radius 1 is 1.40 bits per heavy atom. The monoisotopic (exact) mass is 338 g/mol. The molecule has 25 heavy (non-hydrogen) atoms. The van der Waals surface area contributed by atoms with Gasteiger partial charge in [0.2, 0.25) is 5.91 Å². The number of ether oxygens (including phenoxy) is 1. The number of methoxy groups -OCH3 is 1. The SMILES string of the molecule is C=C1C[C@@]2(C(=O)N(C(=O)OC)c3ccccc32)[C@@H](C(C)(C)C)[C@@H]1C#N. The van der Waals surface area contributed by atoms with Gasteiger partial charge in [0.1, 0.15) is 0 Å². The van der Waals surface area contributed by atoms with Gasteiger partial charge in [0.25, 0.3) is 0 Å². The predicted molar refractivity (Wildman–Crippen MR) is 93.8 cm³/mol. The lowest BCUT2D eigenvalue weighted by Crippen LogP contribution is -2.49. The Morgan fingerprint density at radius 2 is 2.04 bits per heavy atom. The zero-order valence-corrected chi connectivity index (χ0v) is 15.0. The normalized spacial score (nSPS) is 28.2. The van der Waals surface area contributed by atoms with Crippen molar-refractivity contribution < 1.29 is 14.3 Å². The highest BCUT2D eigenvalue weighted by molar-refractivity contribution is 6.21. The van der Waals surface area contributed by atoms with Gasteiger partial charge < -0.3 is 4.74 Å². The first-order valence-corrected chi connectivity index (χ1v) is 8.29. The Bertz CT molecular complexity index is 815. The minimum atomic E-state index is -0.958. The molecular weight excluding hydrogens is 316 g/mol. The molecule has 1 aliphatic heterocycles. The Morgan fingerprint density at radius 3 is 2.60 bits per heavy atom. The van der Waals surface area contributed by atoms with Crippen LogP contribution in [-0.4, -0.2) is 19.1 Å². The number of benzene rings is 1. The number of nitriles is 1. The van der Waals surface area contributed by atoms with Crippen molar-refractivity contribution in [2.45, 2.75) is 32.6 Å². The molecule has 1 spiro atoms. The summed E-state index contributed by atoms with van der Waals surface area (Å²) in [7, 11) is 1.26. The highest BCUT2D eigenvalue weighted by Crippen LogP contribution is 2.62. The summed E-state index contributed by atoms with van der Waals surface area (Å²) >= 11 is 0. The van der Waals surface area contributed by atoms with E-state index in [9.17, 15) is 14.9 Å². The maximum absolute atomic E-state index is 13.5. The van der Waals surface area contributed by atoms with E-state index in [1.165, 1.54) is 7.11 Å². The predicted octanol–water partition coefficient (Wildman–Crippen LogP) is 3.80. The van der Waals surface area contributed by atoms with Gasteiger partial charge in [-0.05, 0) is 23.5 Å². The molecule has 3 rings (SSSR count). The molecule has 3 atom stereocenters. The maximum Gasteiger partial charge on any atom is 0.420 e. The molecule has 2 amide bonds. The van der Waals surface area contributed by atoms with E-state index in [1.807, 2.05) is 32.9 Å². The fourth-order valence-electron chi connectivity index (χ4n) is 4.72. The van der Waals surface area contributed by atoms with E-state index in [2.05, 4.69) is 12.6 Å². The number of nitrogens with zero attached hydrogens (tertiary/aromatic N) is 2. The van der Waals surface area contributed by atoms with Crippen LogP contribution in [-0.2, 0) is 14.9 Å². The van der Waals surface area contributed by atoms with Gasteiger partial charge in [0.15, 0.2) is 0 Å². The molecule has 2 aliphatic rings. The molecule has 5 nitrogen and oxygen atoms in total. The second-order valence-electron chi connectivity index (χ2n) is 7.88. The highest BCUT2D eigenvalue weighted by Gasteiger charge is 2.65. The zero-order valence-electron chi connectivity index (χ0n) is 15.0. The number of fused-ring (bicyclic) bond motifs is 2. The van der Waals surface area contributed by atoms with Gasteiger partial charge in [-0.1, -0.05) is 51.1 Å². The van der Waals surface area contributed by atoms with Gasteiger partial charge in [-0.15, -0.1) is 0 Å². The van der Waals surface area contributed by atoms with E-state index >= 15 is 0 Å². The van der Waals surface area contributed by atoms with Crippen LogP contribution in [0.15, 0.2) is 36.4 Å². The number of hydrogen-bond donors (Lipinski definition) is 0. The molecule has 130 valence electrons. The number of carbonyl (C=O) groups is 2. The summed E-state index contributed by atoms with van der Waals surface area (Å²) in [5.41, 5.74) is 0.788. The van der Waals surface area contributed by atoms with Crippen molar-refractivity contribution in [3.63, 3.8) is 0 Å². The number of carbonyl (C=O) groups excluding carboxylic acids is 2. The van der Waals surface area contributed by atoms with Crippen LogP contribution in [0.4, 0.5) is 10.5 Å². The van der Waals surface area contributed by atoms with Crippen molar-refractivity contribution >= 4 is 17.7 Å². The van der Waals surface area contributed by atoms with Crippen LogP contribution in [0.1, 0.15) is 32.8 Å². The molecule has 0 radical (unpaired) electrons. The number of allylic oxidation sites excluding steroid dienone is 1.